The Hall–Kier alpha value is -0.910. The minimum absolute atomic E-state index is 0.115. The van der Waals surface area contributed by atoms with E-state index >= 15 is 0 Å². The fraction of sp³-hybridized carbons (Fsp3) is 0.857. The van der Waals surface area contributed by atoms with E-state index in [-0.39, 0.29) is 18.1 Å². The molecule has 1 saturated carbocycles. The predicted octanol–water partition coefficient (Wildman–Crippen LogP) is 2.17. The molecule has 5 nitrogen and oxygen atoms in total. The third-order valence-electron chi connectivity index (χ3n) is 4.42. The van der Waals surface area contributed by atoms with Crippen molar-refractivity contribution in [2.24, 2.45) is 5.92 Å². The van der Waals surface area contributed by atoms with Crippen molar-refractivity contribution in [3.8, 4) is 0 Å². The highest BCUT2D eigenvalue weighted by atomic mass is 32.2. The average molecular weight is 300 g/mol. The van der Waals surface area contributed by atoms with Crippen molar-refractivity contribution in [2.45, 2.75) is 50.6 Å². The van der Waals surface area contributed by atoms with Crippen LogP contribution in [-0.2, 0) is 4.79 Å². The molecular formula is C14H24N2O3S. The standard InChI is InChI=1S/C14H24N2O3S/c1-16(10-7-8-20-9-10)14(19)15-12-6-4-2-3-5-11(12)13(17)18/h10-12H,2-9H2,1H3,(H,15,19)(H,17,18). The van der Waals surface area contributed by atoms with Gasteiger partial charge in [-0.05, 0) is 25.0 Å². The number of hydrogen-bond donors (Lipinski definition) is 2. The van der Waals surface area contributed by atoms with Gasteiger partial charge in [0.25, 0.3) is 0 Å². The van der Waals surface area contributed by atoms with Gasteiger partial charge < -0.3 is 15.3 Å². The smallest absolute Gasteiger partial charge is 0.317 e. The summed E-state index contributed by atoms with van der Waals surface area (Å²) in [4.78, 5) is 25.4. The maximum Gasteiger partial charge on any atom is 0.317 e. The molecule has 2 amide bonds. The van der Waals surface area contributed by atoms with Crippen molar-refractivity contribution in [2.75, 3.05) is 18.6 Å². The molecule has 0 radical (unpaired) electrons. The van der Waals surface area contributed by atoms with Crippen LogP contribution in [0.5, 0.6) is 0 Å². The first-order chi connectivity index (χ1) is 9.59. The van der Waals surface area contributed by atoms with Crippen LogP contribution in [0.4, 0.5) is 4.79 Å². The molecular weight excluding hydrogens is 276 g/mol. The number of nitrogens with one attached hydrogen (secondary N) is 1. The number of hydrogen-bond acceptors (Lipinski definition) is 3. The Labute approximate surface area is 124 Å². The molecule has 0 spiro atoms. The molecule has 1 saturated heterocycles. The lowest BCUT2D eigenvalue weighted by Gasteiger charge is -2.29. The van der Waals surface area contributed by atoms with Crippen LogP contribution in [0, 0.1) is 5.92 Å². The SMILES string of the molecule is CN(C(=O)NC1CCCCCC1C(=O)O)C1CCSC1. The third kappa shape index (κ3) is 3.81. The summed E-state index contributed by atoms with van der Waals surface area (Å²) in [5, 5.41) is 12.3. The zero-order valence-corrected chi connectivity index (χ0v) is 12.8. The molecule has 2 fully saturated rings. The second-order valence-corrected chi connectivity index (χ2v) is 6.92. The second-order valence-electron chi connectivity index (χ2n) is 5.77. The summed E-state index contributed by atoms with van der Waals surface area (Å²) >= 11 is 1.87. The van der Waals surface area contributed by atoms with E-state index in [1.54, 1.807) is 4.90 Å². The zero-order valence-electron chi connectivity index (χ0n) is 12.0. The number of carboxylic acid groups (broad SMARTS) is 1. The van der Waals surface area contributed by atoms with E-state index in [0.29, 0.717) is 6.42 Å². The van der Waals surface area contributed by atoms with Gasteiger partial charge >= 0.3 is 12.0 Å². The quantitative estimate of drug-likeness (QED) is 0.784. The fourth-order valence-electron chi connectivity index (χ4n) is 3.03. The van der Waals surface area contributed by atoms with Gasteiger partial charge in [0, 0.05) is 24.9 Å². The summed E-state index contributed by atoms with van der Waals surface area (Å²) < 4.78 is 0. The highest BCUT2D eigenvalue weighted by Gasteiger charge is 2.32. The van der Waals surface area contributed by atoms with E-state index in [4.69, 9.17) is 0 Å². The summed E-state index contributed by atoms with van der Waals surface area (Å²) in [6.45, 7) is 0. The lowest BCUT2D eigenvalue weighted by Crippen LogP contribution is -2.50. The van der Waals surface area contributed by atoms with Gasteiger partial charge in [0.2, 0.25) is 0 Å². The third-order valence-corrected chi connectivity index (χ3v) is 5.56. The second kappa shape index (κ2) is 7.20. The zero-order chi connectivity index (χ0) is 14.5. The van der Waals surface area contributed by atoms with Crippen molar-refractivity contribution < 1.29 is 14.7 Å². The number of carbonyl (C=O) groups excluding carboxylic acids is 1. The normalized spacial score (nSPS) is 30.6. The Kier molecular flexibility index (Phi) is 5.57. The van der Waals surface area contributed by atoms with Crippen molar-refractivity contribution in [1.29, 1.82) is 0 Å². The van der Waals surface area contributed by atoms with Crippen LogP contribution in [0.25, 0.3) is 0 Å². The molecule has 2 aliphatic rings. The summed E-state index contributed by atoms with van der Waals surface area (Å²) in [5.41, 5.74) is 0. The number of thioether (sulfide) groups is 1. The van der Waals surface area contributed by atoms with E-state index in [1.807, 2.05) is 18.8 Å². The van der Waals surface area contributed by atoms with Gasteiger partial charge in [0.05, 0.1) is 5.92 Å². The minimum atomic E-state index is -0.781. The Bertz CT molecular complexity index is 358. The predicted molar refractivity (Wildman–Crippen MR) is 80.0 cm³/mol. The maximum absolute atomic E-state index is 12.3. The topological polar surface area (TPSA) is 69.6 Å². The van der Waals surface area contributed by atoms with Crippen LogP contribution < -0.4 is 5.32 Å². The molecule has 3 unspecified atom stereocenters. The molecule has 2 rings (SSSR count). The summed E-state index contributed by atoms with van der Waals surface area (Å²) in [7, 11) is 1.82. The van der Waals surface area contributed by atoms with Crippen LogP contribution >= 0.6 is 11.8 Å². The van der Waals surface area contributed by atoms with E-state index in [9.17, 15) is 14.7 Å². The molecule has 0 aromatic rings. The first-order valence-electron chi connectivity index (χ1n) is 7.43. The van der Waals surface area contributed by atoms with Crippen molar-refractivity contribution in [3.05, 3.63) is 0 Å². The van der Waals surface area contributed by atoms with Gasteiger partial charge in [-0.3, -0.25) is 4.79 Å². The Balaban J connectivity index is 1.94. The van der Waals surface area contributed by atoms with E-state index in [0.717, 1.165) is 43.6 Å². The minimum Gasteiger partial charge on any atom is -0.481 e. The van der Waals surface area contributed by atoms with E-state index < -0.39 is 11.9 Å². The molecule has 2 N–H and O–H groups in total. The van der Waals surface area contributed by atoms with Crippen LogP contribution in [0.15, 0.2) is 0 Å². The van der Waals surface area contributed by atoms with Gasteiger partial charge in [-0.25, -0.2) is 4.79 Å². The first kappa shape index (κ1) is 15.5. The van der Waals surface area contributed by atoms with Gasteiger partial charge in [-0.1, -0.05) is 19.3 Å². The summed E-state index contributed by atoms with van der Waals surface area (Å²) in [5.74, 6) is 0.865. The molecule has 0 aromatic heterocycles. The van der Waals surface area contributed by atoms with Gasteiger partial charge in [-0.2, -0.15) is 11.8 Å². The van der Waals surface area contributed by atoms with Gasteiger partial charge in [0.15, 0.2) is 0 Å². The Morgan fingerprint density at radius 2 is 1.95 bits per heavy atom. The highest BCUT2D eigenvalue weighted by Crippen LogP contribution is 2.25. The summed E-state index contributed by atoms with van der Waals surface area (Å²) in [6.07, 6.45) is 5.47. The van der Waals surface area contributed by atoms with Gasteiger partial charge in [-0.15, -0.1) is 0 Å². The molecule has 0 bridgehead atoms. The number of aliphatic carboxylic acids is 1. The molecule has 1 aliphatic heterocycles. The number of rotatable bonds is 3. The number of carbonyl (C=O) groups is 2. The Morgan fingerprint density at radius 1 is 1.20 bits per heavy atom. The number of carboxylic acids is 1. The van der Waals surface area contributed by atoms with Crippen LogP contribution in [0.2, 0.25) is 0 Å². The van der Waals surface area contributed by atoms with Crippen molar-refractivity contribution in [1.82, 2.24) is 10.2 Å². The Morgan fingerprint density at radius 3 is 2.60 bits per heavy atom. The number of amides is 2. The number of urea groups is 1. The van der Waals surface area contributed by atoms with E-state index in [1.165, 1.54) is 0 Å². The van der Waals surface area contributed by atoms with Crippen molar-refractivity contribution in [3.63, 3.8) is 0 Å². The summed E-state index contributed by atoms with van der Waals surface area (Å²) in [6, 6.07) is -0.0521. The highest BCUT2D eigenvalue weighted by molar-refractivity contribution is 7.99. The largest absolute Gasteiger partial charge is 0.481 e. The van der Waals surface area contributed by atoms with E-state index in [2.05, 4.69) is 5.32 Å². The monoisotopic (exact) mass is 300 g/mol. The molecule has 6 heteroatoms. The average Bonchev–Trinajstić information content (AvgIpc) is 2.85. The molecule has 20 heavy (non-hydrogen) atoms. The van der Waals surface area contributed by atoms with Crippen LogP contribution in [0.3, 0.4) is 0 Å². The number of nitrogens with zero attached hydrogens (tertiary/aromatic N) is 1. The lowest BCUT2D eigenvalue weighted by molar-refractivity contribution is -0.142. The molecule has 3 atom stereocenters. The molecule has 1 heterocycles. The maximum atomic E-state index is 12.3. The van der Waals surface area contributed by atoms with Crippen LogP contribution in [0.1, 0.15) is 38.5 Å². The molecule has 1 aliphatic carbocycles. The van der Waals surface area contributed by atoms with Gasteiger partial charge in [0.1, 0.15) is 0 Å². The van der Waals surface area contributed by atoms with Crippen LogP contribution in [-0.4, -0.2) is 52.6 Å². The molecule has 114 valence electrons. The van der Waals surface area contributed by atoms with Crippen molar-refractivity contribution >= 4 is 23.8 Å². The molecule has 0 aromatic carbocycles. The first-order valence-corrected chi connectivity index (χ1v) is 8.59. The fourth-order valence-corrected chi connectivity index (χ4v) is 4.30. The lowest BCUT2D eigenvalue weighted by atomic mass is 9.95.